The standard InChI is InChI=1S/C19H12ClF3N2O2S/c1-9-7-15(25-18(26)11-6-5-10(21)8-12(11)20)28-17(9)19(27)24-14-4-2-3-13(22)16(14)23/h2-8H,1H3,(H,24,27)(H,25,26). The molecule has 0 aliphatic rings. The summed E-state index contributed by atoms with van der Waals surface area (Å²) in [5.41, 5.74) is 0.309. The summed E-state index contributed by atoms with van der Waals surface area (Å²) in [5, 5.41) is 5.17. The van der Waals surface area contributed by atoms with Gasteiger partial charge < -0.3 is 10.6 Å². The Morgan fingerprint density at radius 3 is 2.46 bits per heavy atom. The van der Waals surface area contributed by atoms with Gasteiger partial charge in [0, 0.05) is 0 Å². The van der Waals surface area contributed by atoms with Crippen LogP contribution in [0.15, 0.2) is 42.5 Å². The monoisotopic (exact) mass is 424 g/mol. The second-order valence-electron chi connectivity index (χ2n) is 5.76. The molecule has 0 atom stereocenters. The van der Waals surface area contributed by atoms with Crippen LogP contribution in [0.2, 0.25) is 5.02 Å². The number of nitrogens with one attached hydrogen (secondary N) is 2. The predicted molar refractivity (Wildman–Crippen MR) is 103 cm³/mol. The van der Waals surface area contributed by atoms with Crippen LogP contribution >= 0.6 is 22.9 Å². The number of benzene rings is 2. The van der Waals surface area contributed by atoms with E-state index in [0.717, 1.165) is 29.5 Å². The molecule has 2 amide bonds. The Morgan fingerprint density at radius 1 is 1.00 bits per heavy atom. The smallest absolute Gasteiger partial charge is 0.266 e. The highest BCUT2D eigenvalue weighted by atomic mass is 35.5. The maximum absolute atomic E-state index is 13.7. The molecular weight excluding hydrogens is 413 g/mol. The molecule has 0 fully saturated rings. The van der Waals surface area contributed by atoms with Crippen LogP contribution in [0, 0.1) is 24.4 Å². The molecule has 3 aromatic rings. The highest BCUT2D eigenvalue weighted by molar-refractivity contribution is 7.18. The van der Waals surface area contributed by atoms with E-state index in [1.807, 2.05) is 0 Å². The normalized spacial score (nSPS) is 10.6. The first-order chi connectivity index (χ1) is 13.3. The zero-order chi connectivity index (χ0) is 20.4. The fourth-order valence-electron chi connectivity index (χ4n) is 2.40. The first kappa shape index (κ1) is 19.9. The number of hydrogen-bond acceptors (Lipinski definition) is 3. The summed E-state index contributed by atoms with van der Waals surface area (Å²) in [6.07, 6.45) is 0. The van der Waals surface area contributed by atoms with Crippen molar-refractivity contribution in [2.24, 2.45) is 0 Å². The molecule has 0 radical (unpaired) electrons. The van der Waals surface area contributed by atoms with E-state index in [1.165, 1.54) is 18.2 Å². The zero-order valence-corrected chi connectivity index (χ0v) is 15.9. The van der Waals surface area contributed by atoms with Crippen molar-refractivity contribution in [3.8, 4) is 0 Å². The molecule has 1 aromatic heterocycles. The van der Waals surface area contributed by atoms with Gasteiger partial charge in [0.1, 0.15) is 5.82 Å². The van der Waals surface area contributed by atoms with E-state index in [0.29, 0.717) is 10.6 Å². The van der Waals surface area contributed by atoms with Gasteiger partial charge in [0.25, 0.3) is 11.8 Å². The van der Waals surface area contributed by atoms with E-state index >= 15 is 0 Å². The summed E-state index contributed by atoms with van der Waals surface area (Å²) in [5.74, 6) is -4.03. The van der Waals surface area contributed by atoms with Crippen LogP contribution in [-0.2, 0) is 0 Å². The Kier molecular flexibility index (Phi) is 5.71. The van der Waals surface area contributed by atoms with Crippen LogP contribution in [0.3, 0.4) is 0 Å². The molecule has 2 aromatic carbocycles. The first-order valence-corrected chi connectivity index (χ1v) is 9.08. The molecule has 3 rings (SSSR count). The molecule has 0 spiro atoms. The van der Waals surface area contributed by atoms with Gasteiger partial charge in [-0.3, -0.25) is 9.59 Å². The Labute approximate surface area is 167 Å². The number of carbonyl (C=O) groups excluding carboxylic acids is 2. The first-order valence-electron chi connectivity index (χ1n) is 7.88. The number of carbonyl (C=O) groups is 2. The Bertz CT molecular complexity index is 1090. The van der Waals surface area contributed by atoms with Crippen molar-refractivity contribution in [3.05, 3.63) is 80.9 Å². The quantitative estimate of drug-likeness (QED) is 0.570. The summed E-state index contributed by atoms with van der Waals surface area (Å²) in [6.45, 7) is 1.63. The minimum Gasteiger partial charge on any atom is -0.319 e. The van der Waals surface area contributed by atoms with Gasteiger partial charge >= 0.3 is 0 Å². The van der Waals surface area contributed by atoms with Gasteiger partial charge in [-0.1, -0.05) is 17.7 Å². The summed E-state index contributed by atoms with van der Waals surface area (Å²) in [4.78, 5) is 24.9. The van der Waals surface area contributed by atoms with Crippen molar-refractivity contribution in [1.29, 1.82) is 0 Å². The van der Waals surface area contributed by atoms with Crippen molar-refractivity contribution in [3.63, 3.8) is 0 Å². The molecule has 0 saturated heterocycles. The van der Waals surface area contributed by atoms with Crippen LogP contribution in [0.25, 0.3) is 0 Å². The maximum atomic E-state index is 13.7. The Morgan fingerprint density at radius 2 is 1.75 bits per heavy atom. The third-order valence-electron chi connectivity index (χ3n) is 3.74. The van der Waals surface area contributed by atoms with E-state index < -0.39 is 29.3 Å². The number of hydrogen-bond donors (Lipinski definition) is 2. The molecule has 0 bridgehead atoms. The molecule has 9 heteroatoms. The third kappa shape index (κ3) is 4.18. The van der Waals surface area contributed by atoms with Crippen molar-refractivity contribution in [2.75, 3.05) is 10.6 Å². The number of halogens is 4. The minimum absolute atomic E-state index is 0.0506. The molecule has 0 aliphatic heterocycles. The fourth-order valence-corrected chi connectivity index (χ4v) is 3.62. The summed E-state index contributed by atoms with van der Waals surface area (Å²) >= 11 is 6.82. The molecule has 1 heterocycles. The van der Waals surface area contributed by atoms with Gasteiger partial charge in [-0.25, -0.2) is 13.2 Å². The summed E-state index contributed by atoms with van der Waals surface area (Å²) in [6, 6.07) is 8.36. The molecule has 0 saturated carbocycles. The lowest BCUT2D eigenvalue weighted by atomic mass is 10.2. The number of thiophene rings is 1. The number of amides is 2. The zero-order valence-electron chi connectivity index (χ0n) is 14.3. The second kappa shape index (κ2) is 8.04. The minimum atomic E-state index is -1.16. The van der Waals surface area contributed by atoms with E-state index in [4.69, 9.17) is 11.6 Å². The van der Waals surface area contributed by atoms with Crippen molar-refractivity contribution in [1.82, 2.24) is 0 Å². The van der Waals surface area contributed by atoms with Crippen LogP contribution in [0.5, 0.6) is 0 Å². The molecule has 144 valence electrons. The summed E-state index contributed by atoms with van der Waals surface area (Å²) in [7, 11) is 0. The van der Waals surface area contributed by atoms with Crippen molar-refractivity contribution < 1.29 is 22.8 Å². The average Bonchev–Trinajstić information content (AvgIpc) is 2.99. The largest absolute Gasteiger partial charge is 0.319 e. The number of aryl methyl sites for hydroxylation is 1. The average molecular weight is 425 g/mol. The Balaban J connectivity index is 1.78. The van der Waals surface area contributed by atoms with E-state index in [9.17, 15) is 22.8 Å². The van der Waals surface area contributed by atoms with Crippen LogP contribution in [-0.4, -0.2) is 11.8 Å². The lowest BCUT2D eigenvalue weighted by molar-refractivity contribution is 0.102. The molecule has 0 unspecified atom stereocenters. The molecule has 2 N–H and O–H groups in total. The van der Waals surface area contributed by atoms with E-state index in [-0.39, 0.29) is 21.2 Å². The third-order valence-corrected chi connectivity index (χ3v) is 5.20. The van der Waals surface area contributed by atoms with Gasteiger partial charge in [0.05, 0.1) is 26.2 Å². The van der Waals surface area contributed by atoms with Gasteiger partial charge in [-0.05, 0) is 48.9 Å². The van der Waals surface area contributed by atoms with Gasteiger partial charge in [0.2, 0.25) is 0 Å². The van der Waals surface area contributed by atoms with Crippen molar-refractivity contribution >= 4 is 45.4 Å². The van der Waals surface area contributed by atoms with Gasteiger partial charge in [0.15, 0.2) is 11.6 Å². The Hall–Kier alpha value is -2.84. The summed E-state index contributed by atoms with van der Waals surface area (Å²) < 4.78 is 40.1. The molecular formula is C19H12ClF3N2O2S. The lowest BCUT2D eigenvalue weighted by Crippen LogP contribution is -2.13. The predicted octanol–water partition coefficient (Wildman–Crippen LogP) is 5.63. The second-order valence-corrected chi connectivity index (χ2v) is 7.22. The SMILES string of the molecule is Cc1cc(NC(=O)c2ccc(F)cc2Cl)sc1C(=O)Nc1cccc(F)c1F. The highest BCUT2D eigenvalue weighted by Gasteiger charge is 2.19. The lowest BCUT2D eigenvalue weighted by Gasteiger charge is -2.06. The van der Waals surface area contributed by atoms with E-state index in [1.54, 1.807) is 13.0 Å². The highest BCUT2D eigenvalue weighted by Crippen LogP contribution is 2.29. The maximum Gasteiger partial charge on any atom is 0.266 e. The van der Waals surface area contributed by atoms with Gasteiger partial charge in [-0.15, -0.1) is 11.3 Å². The van der Waals surface area contributed by atoms with Crippen LogP contribution < -0.4 is 10.6 Å². The van der Waals surface area contributed by atoms with Crippen LogP contribution in [0.1, 0.15) is 25.6 Å². The molecule has 28 heavy (non-hydrogen) atoms. The molecule has 4 nitrogen and oxygen atoms in total. The molecule has 0 aliphatic carbocycles. The number of rotatable bonds is 4. The van der Waals surface area contributed by atoms with Gasteiger partial charge in [-0.2, -0.15) is 0 Å². The number of anilines is 2. The fraction of sp³-hybridized carbons (Fsp3) is 0.0526. The van der Waals surface area contributed by atoms with E-state index in [2.05, 4.69) is 10.6 Å². The van der Waals surface area contributed by atoms with Crippen LogP contribution in [0.4, 0.5) is 23.9 Å². The van der Waals surface area contributed by atoms with Crippen molar-refractivity contribution in [2.45, 2.75) is 6.92 Å². The topological polar surface area (TPSA) is 58.2 Å².